The van der Waals surface area contributed by atoms with E-state index >= 15 is 0 Å². The summed E-state index contributed by atoms with van der Waals surface area (Å²) in [6.45, 7) is 5.79. The maximum Gasteiger partial charge on any atom is 0.252 e. The Balaban J connectivity index is 2.55. The number of unbranched alkanes of at least 4 members (excludes halogenated alkanes) is 1. The van der Waals surface area contributed by atoms with E-state index in [1.54, 1.807) is 12.4 Å². The van der Waals surface area contributed by atoms with Crippen molar-refractivity contribution in [3.63, 3.8) is 0 Å². The summed E-state index contributed by atoms with van der Waals surface area (Å²) in [6.07, 6.45) is 6.54. The molecule has 0 aromatic carbocycles. The quantitative estimate of drug-likeness (QED) is 0.714. The molecule has 1 heterocycles. The van der Waals surface area contributed by atoms with Crippen LogP contribution in [0.5, 0.6) is 0 Å². The molecule has 4 nitrogen and oxygen atoms in total. The molecular weight excluding hydrogens is 214 g/mol. The summed E-state index contributed by atoms with van der Waals surface area (Å²) >= 11 is 0. The molecule has 0 saturated carbocycles. The van der Waals surface area contributed by atoms with Crippen molar-refractivity contribution in [1.82, 2.24) is 10.3 Å². The zero-order valence-corrected chi connectivity index (χ0v) is 10.6. The Morgan fingerprint density at radius 3 is 2.76 bits per heavy atom. The monoisotopic (exact) mass is 235 g/mol. The summed E-state index contributed by atoms with van der Waals surface area (Å²) in [5, 5.41) is 6.09. The van der Waals surface area contributed by atoms with Gasteiger partial charge >= 0.3 is 0 Å². The summed E-state index contributed by atoms with van der Waals surface area (Å²) in [7, 11) is 0. The lowest BCUT2D eigenvalue weighted by molar-refractivity contribution is 0.0953. The van der Waals surface area contributed by atoms with Crippen LogP contribution in [-0.4, -0.2) is 24.0 Å². The highest BCUT2D eigenvalue weighted by atomic mass is 16.1. The van der Waals surface area contributed by atoms with Crippen LogP contribution in [0, 0.1) is 0 Å². The second kappa shape index (κ2) is 7.65. The smallest absolute Gasteiger partial charge is 0.252 e. The number of carbonyl (C=O) groups is 1. The van der Waals surface area contributed by atoms with Crippen LogP contribution in [0.1, 0.15) is 43.5 Å². The highest BCUT2D eigenvalue weighted by Gasteiger charge is 2.05. The van der Waals surface area contributed by atoms with Crippen molar-refractivity contribution < 1.29 is 4.79 Å². The van der Waals surface area contributed by atoms with Crippen LogP contribution in [-0.2, 0) is 0 Å². The number of amides is 1. The minimum Gasteiger partial charge on any atom is -0.384 e. The van der Waals surface area contributed by atoms with Crippen LogP contribution in [0.2, 0.25) is 0 Å². The van der Waals surface area contributed by atoms with Crippen molar-refractivity contribution >= 4 is 11.6 Å². The van der Waals surface area contributed by atoms with Crippen molar-refractivity contribution in [1.29, 1.82) is 0 Å². The number of aromatic nitrogens is 1. The van der Waals surface area contributed by atoms with Gasteiger partial charge in [-0.1, -0.05) is 20.3 Å². The van der Waals surface area contributed by atoms with E-state index in [0.717, 1.165) is 31.5 Å². The predicted molar refractivity (Wildman–Crippen MR) is 70.3 cm³/mol. The molecular formula is C13H21N3O. The van der Waals surface area contributed by atoms with Crippen LogP contribution in [0.15, 0.2) is 18.5 Å². The van der Waals surface area contributed by atoms with Gasteiger partial charge in [0.15, 0.2) is 0 Å². The second-order valence-electron chi connectivity index (χ2n) is 4.00. The van der Waals surface area contributed by atoms with Crippen LogP contribution < -0.4 is 10.6 Å². The molecule has 2 N–H and O–H groups in total. The number of pyridine rings is 1. The molecule has 1 amide bonds. The standard InChI is InChI=1S/C13H21N3O/c1-3-5-7-15-12-8-11(9-14-10-12)13(17)16-6-4-2/h8-10,15H,3-7H2,1-2H3,(H,16,17). The maximum absolute atomic E-state index is 11.7. The average Bonchev–Trinajstić information content (AvgIpc) is 2.36. The zero-order chi connectivity index (χ0) is 12.5. The number of nitrogens with zero attached hydrogens (tertiary/aromatic N) is 1. The van der Waals surface area contributed by atoms with Crippen LogP contribution in [0.3, 0.4) is 0 Å². The first kappa shape index (κ1) is 13.5. The SMILES string of the molecule is CCCCNc1cncc(C(=O)NCCC)c1. The fraction of sp³-hybridized carbons (Fsp3) is 0.538. The van der Waals surface area contributed by atoms with Gasteiger partial charge < -0.3 is 10.6 Å². The van der Waals surface area contributed by atoms with Gasteiger partial charge in [-0.15, -0.1) is 0 Å². The van der Waals surface area contributed by atoms with Crippen LogP contribution >= 0.6 is 0 Å². The lowest BCUT2D eigenvalue weighted by Gasteiger charge is -2.07. The maximum atomic E-state index is 11.7. The van der Waals surface area contributed by atoms with Gasteiger partial charge in [-0.05, 0) is 18.9 Å². The van der Waals surface area contributed by atoms with E-state index in [4.69, 9.17) is 0 Å². The lowest BCUT2D eigenvalue weighted by atomic mass is 10.2. The molecule has 94 valence electrons. The molecule has 17 heavy (non-hydrogen) atoms. The van der Waals surface area contributed by atoms with Crippen molar-refractivity contribution in [2.75, 3.05) is 18.4 Å². The van der Waals surface area contributed by atoms with Gasteiger partial charge in [0, 0.05) is 25.5 Å². The van der Waals surface area contributed by atoms with E-state index in [-0.39, 0.29) is 5.91 Å². The van der Waals surface area contributed by atoms with E-state index in [2.05, 4.69) is 22.5 Å². The topological polar surface area (TPSA) is 54.0 Å². The van der Waals surface area contributed by atoms with Gasteiger partial charge in [-0.3, -0.25) is 9.78 Å². The highest BCUT2D eigenvalue weighted by molar-refractivity contribution is 5.94. The summed E-state index contributed by atoms with van der Waals surface area (Å²) < 4.78 is 0. The van der Waals surface area contributed by atoms with Gasteiger partial charge in [0.25, 0.3) is 5.91 Å². The molecule has 0 aliphatic rings. The molecule has 0 aliphatic carbocycles. The third-order valence-corrected chi connectivity index (χ3v) is 2.40. The summed E-state index contributed by atoms with van der Waals surface area (Å²) in [4.78, 5) is 15.8. The third-order valence-electron chi connectivity index (χ3n) is 2.40. The molecule has 0 radical (unpaired) electrons. The number of nitrogens with one attached hydrogen (secondary N) is 2. The molecule has 0 unspecified atom stereocenters. The Morgan fingerprint density at radius 1 is 1.24 bits per heavy atom. The first-order valence-electron chi connectivity index (χ1n) is 6.25. The summed E-state index contributed by atoms with van der Waals surface area (Å²) in [5.41, 5.74) is 1.52. The van der Waals surface area contributed by atoms with E-state index in [9.17, 15) is 4.79 Å². The van der Waals surface area contributed by atoms with Crippen molar-refractivity contribution in [3.8, 4) is 0 Å². The molecule has 1 aromatic rings. The van der Waals surface area contributed by atoms with Gasteiger partial charge in [-0.2, -0.15) is 0 Å². The average molecular weight is 235 g/mol. The molecule has 0 bridgehead atoms. The van der Waals surface area contributed by atoms with Crippen LogP contribution in [0.4, 0.5) is 5.69 Å². The first-order chi connectivity index (χ1) is 8.27. The number of hydrogen-bond donors (Lipinski definition) is 2. The van der Waals surface area contributed by atoms with Gasteiger partial charge in [0.1, 0.15) is 0 Å². The Labute approximate surface area is 103 Å². The highest BCUT2D eigenvalue weighted by Crippen LogP contribution is 2.08. The van der Waals surface area contributed by atoms with Crippen molar-refractivity contribution in [3.05, 3.63) is 24.0 Å². The molecule has 0 spiro atoms. The zero-order valence-electron chi connectivity index (χ0n) is 10.6. The third kappa shape index (κ3) is 4.85. The Kier molecular flexibility index (Phi) is 6.07. The molecule has 0 atom stereocenters. The Bertz CT molecular complexity index is 352. The number of hydrogen-bond acceptors (Lipinski definition) is 3. The summed E-state index contributed by atoms with van der Waals surface area (Å²) in [5.74, 6) is -0.0570. The van der Waals surface area contributed by atoms with E-state index in [0.29, 0.717) is 12.1 Å². The number of anilines is 1. The van der Waals surface area contributed by atoms with Crippen molar-refractivity contribution in [2.45, 2.75) is 33.1 Å². The normalized spacial score (nSPS) is 10.0. The molecule has 1 rings (SSSR count). The lowest BCUT2D eigenvalue weighted by Crippen LogP contribution is -2.24. The number of rotatable bonds is 7. The minimum atomic E-state index is -0.0570. The van der Waals surface area contributed by atoms with E-state index in [1.807, 2.05) is 13.0 Å². The summed E-state index contributed by atoms with van der Waals surface area (Å²) in [6, 6.07) is 1.84. The molecule has 1 aromatic heterocycles. The van der Waals surface area contributed by atoms with E-state index < -0.39 is 0 Å². The molecule has 0 fully saturated rings. The molecule has 0 saturated heterocycles. The molecule has 0 aliphatic heterocycles. The van der Waals surface area contributed by atoms with Crippen molar-refractivity contribution in [2.24, 2.45) is 0 Å². The fourth-order valence-corrected chi connectivity index (χ4v) is 1.41. The Morgan fingerprint density at radius 2 is 2.06 bits per heavy atom. The fourth-order valence-electron chi connectivity index (χ4n) is 1.41. The Hall–Kier alpha value is -1.58. The molecule has 4 heteroatoms. The van der Waals surface area contributed by atoms with Gasteiger partial charge in [-0.25, -0.2) is 0 Å². The van der Waals surface area contributed by atoms with Crippen LogP contribution in [0.25, 0.3) is 0 Å². The first-order valence-corrected chi connectivity index (χ1v) is 6.25. The van der Waals surface area contributed by atoms with Gasteiger partial charge in [0.05, 0.1) is 11.3 Å². The minimum absolute atomic E-state index is 0.0570. The van der Waals surface area contributed by atoms with E-state index in [1.165, 1.54) is 0 Å². The predicted octanol–water partition coefficient (Wildman–Crippen LogP) is 2.43. The largest absolute Gasteiger partial charge is 0.384 e. The number of carbonyl (C=O) groups excluding carboxylic acids is 1. The van der Waals surface area contributed by atoms with Gasteiger partial charge in [0.2, 0.25) is 0 Å². The second-order valence-corrected chi connectivity index (χ2v) is 4.00.